The molecular formula is C14H17BrN2O. The van der Waals surface area contributed by atoms with Gasteiger partial charge in [0.25, 0.3) is 0 Å². The van der Waals surface area contributed by atoms with Crippen LogP contribution in [-0.4, -0.2) is 26.3 Å². The summed E-state index contributed by atoms with van der Waals surface area (Å²) in [5, 5.41) is 10.0. The normalized spacial score (nSPS) is 19.6. The van der Waals surface area contributed by atoms with Crippen LogP contribution in [0.3, 0.4) is 0 Å². The minimum Gasteiger partial charge on any atom is -0.380 e. The topological polar surface area (TPSA) is 36.3 Å². The van der Waals surface area contributed by atoms with Crippen molar-refractivity contribution in [3.05, 3.63) is 29.3 Å². The molecule has 1 aromatic rings. The van der Waals surface area contributed by atoms with E-state index in [9.17, 15) is 5.26 Å². The lowest BCUT2D eigenvalue weighted by atomic mass is 10.0. The van der Waals surface area contributed by atoms with Crippen molar-refractivity contribution in [1.29, 1.82) is 5.26 Å². The summed E-state index contributed by atoms with van der Waals surface area (Å²) in [6.07, 6.45) is 2.50. The molecule has 1 aliphatic heterocycles. The van der Waals surface area contributed by atoms with E-state index in [1.165, 1.54) is 0 Å². The first-order valence-electron chi connectivity index (χ1n) is 6.15. The van der Waals surface area contributed by atoms with Crippen molar-refractivity contribution >= 4 is 21.6 Å². The summed E-state index contributed by atoms with van der Waals surface area (Å²) in [5.74, 6) is 0. The Morgan fingerprint density at radius 1 is 1.56 bits per heavy atom. The first kappa shape index (κ1) is 13.4. The van der Waals surface area contributed by atoms with Crippen LogP contribution >= 0.6 is 15.9 Å². The van der Waals surface area contributed by atoms with E-state index in [2.05, 4.69) is 33.0 Å². The smallest absolute Gasteiger partial charge is 0.101 e. The number of alkyl halides is 1. The number of anilines is 1. The maximum Gasteiger partial charge on any atom is 0.101 e. The minimum absolute atomic E-state index is 0.279. The first-order valence-corrected chi connectivity index (χ1v) is 7.27. The van der Waals surface area contributed by atoms with E-state index in [-0.39, 0.29) is 6.10 Å². The third kappa shape index (κ3) is 2.85. The molecule has 0 bridgehead atoms. The van der Waals surface area contributed by atoms with Crippen molar-refractivity contribution in [2.75, 3.05) is 25.1 Å². The highest BCUT2D eigenvalue weighted by molar-refractivity contribution is 9.08. The number of nitriles is 1. The highest BCUT2D eigenvalue weighted by Gasteiger charge is 2.21. The summed E-state index contributed by atoms with van der Waals surface area (Å²) in [5.41, 5.74) is 2.92. The van der Waals surface area contributed by atoms with Crippen LogP contribution in [0.4, 0.5) is 5.69 Å². The fourth-order valence-corrected chi connectivity index (χ4v) is 2.73. The Balaban J connectivity index is 2.24. The SMILES string of the molecule is COC1CCCN(c2ccc(CBr)cc2C#N)C1. The zero-order valence-corrected chi connectivity index (χ0v) is 12.1. The van der Waals surface area contributed by atoms with Gasteiger partial charge in [0.15, 0.2) is 0 Å². The van der Waals surface area contributed by atoms with Crippen LogP contribution < -0.4 is 4.90 Å². The van der Waals surface area contributed by atoms with Crippen molar-refractivity contribution in [3.63, 3.8) is 0 Å². The summed E-state index contributed by atoms with van der Waals surface area (Å²) in [7, 11) is 1.76. The molecule has 0 aromatic heterocycles. The van der Waals surface area contributed by atoms with Crippen molar-refractivity contribution < 1.29 is 4.74 Å². The van der Waals surface area contributed by atoms with Gasteiger partial charge < -0.3 is 9.64 Å². The van der Waals surface area contributed by atoms with Crippen LogP contribution in [0.15, 0.2) is 18.2 Å². The second-order valence-electron chi connectivity index (χ2n) is 4.54. The lowest BCUT2D eigenvalue weighted by molar-refractivity contribution is 0.0893. The predicted molar refractivity (Wildman–Crippen MR) is 76.0 cm³/mol. The van der Waals surface area contributed by atoms with Gasteiger partial charge in [0, 0.05) is 25.5 Å². The van der Waals surface area contributed by atoms with E-state index in [0.29, 0.717) is 0 Å². The largest absolute Gasteiger partial charge is 0.380 e. The second-order valence-corrected chi connectivity index (χ2v) is 5.10. The maximum absolute atomic E-state index is 9.27. The number of methoxy groups -OCH3 is 1. The number of rotatable bonds is 3. The van der Waals surface area contributed by atoms with E-state index in [1.807, 2.05) is 12.1 Å². The molecule has 3 nitrogen and oxygen atoms in total. The number of halogens is 1. The molecule has 0 N–H and O–H groups in total. The second kappa shape index (κ2) is 6.21. The zero-order chi connectivity index (χ0) is 13.0. The Morgan fingerprint density at radius 3 is 3.06 bits per heavy atom. The number of hydrogen-bond donors (Lipinski definition) is 0. The van der Waals surface area contributed by atoms with E-state index in [4.69, 9.17) is 4.74 Å². The van der Waals surface area contributed by atoms with Crippen LogP contribution in [-0.2, 0) is 10.1 Å². The third-order valence-electron chi connectivity index (χ3n) is 3.39. The van der Waals surface area contributed by atoms with Crippen LogP contribution in [0.2, 0.25) is 0 Å². The molecule has 96 valence electrons. The van der Waals surface area contributed by atoms with Gasteiger partial charge in [0.2, 0.25) is 0 Å². The molecule has 1 aromatic carbocycles. The van der Waals surface area contributed by atoms with Gasteiger partial charge in [-0.15, -0.1) is 0 Å². The molecule has 2 rings (SSSR count). The zero-order valence-electron chi connectivity index (χ0n) is 10.5. The third-order valence-corrected chi connectivity index (χ3v) is 4.04. The van der Waals surface area contributed by atoms with E-state index < -0.39 is 0 Å². The Bertz CT molecular complexity index is 456. The van der Waals surface area contributed by atoms with E-state index >= 15 is 0 Å². The average molecular weight is 309 g/mol. The highest BCUT2D eigenvalue weighted by atomic mass is 79.9. The number of ether oxygens (including phenoxy) is 1. The van der Waals surface area contributed by atoms with Crippen LogP contribution in [0, 0.1) is 11.3 Å². The average Bonchev–Trinajstić information content (AvgIpc) is 2.46. The van der Waals surface area contributed by atoms with Crippen LogP contribution in [0.1, 0.15) is 24.0 Å². The van der Waals surface area contributed by atoms with E-state index in [0.717, 1.165) is 48.1 Å². The lowest BCUT2D eigenvalue weighted by Crippen LogP contribution is -2.39. The van der Waals surface area contributed by atoms with Crippen LogP contribution in [0.5, 0.6) is 0 Å². The van der Waals surface area contributed by atoms with Gasteiger partial charge >= 0.3 is 0 Å². The van der Waals surface area contributed by atoms with Gasteiger partial charge in [-0.2, -0.15) is 5.26 Å². The summed E-state index contributed by atoms with van der Waals surface area (Å²) < 4.78 is 5.43. The molecule has 1 fully saturated rings. The molecular weight excluding hydrogens is 292 g/mol. The van der Waals surface area contributed by atoms with Gasteiger partial charge in [-0.3, -0.25) is 0 Å². The molecule has 1 aliphatic rings. The first-order chi connectivity index (χ1) is 8.78. The Kier molecular flexibility index (Phi) is 4.62. The minimum atomic E-state index is 0.279. The molecule has 0 amide bonds. The molecule has 0 spiro atoms. The monoisotopic (exact) mass is 308 g/mol. The number of piperidine rings is 1. The summed E-state index contributed by atoms with van der Waals surface area (Å²) >= 11 is 3.42. The van der Waals surface area contributed by atoms with Crippen molar-refractivity contribution in [2.45, 2.75) is 24.3 Å². The summed E-state index contributed by atoms with van der Waals surface area (Å²) in [6, 6.07) is 8.38. The molecule has 0 aliphatic carbocycles. The quantitative estimate of drug-likeness (QED) is 0.805. The molecule has 1 heterocycles. The number of nitrogens with zero attached hydrogens (tertiary/aromatic N) is 2. The fourth-order valence-electron chi connectivity index (χ4n) is 2.38. The Labute approximate surface area is 116 Å². The van der Waals surface area contributed by atoms with E-state index in [1.54, 1.807) is 7.11 Å². The maximum atomic E-state index is 9.27. The molecule has 1 atom stereocenters. The van der Waals surface area contributed by atoms with Gasteiger partial charge in [-0.25, -0.2) is 0 Å². The Hall–Kier alpha value is -1.05. The fraction of sp³-hybridized carbons (Fsp3) is 0.500. The van der Waals surface area contributed by atoms with Crippen molar-refractivity contribution in [1.82, 2.24) is 0 Å². The number of benzene rings is 1. The molecule has 1 saturated heterocycles. The molecule has 4 heteroatoms. The van der Waals surface area contributed by atoms with Gasteiger partial charge in [-0.05, 0) is 30.5 Å². The van der Waals surface area contributed by atoms with Gasteiger partial charge in [0.05, 0.1) is 17.4 Å². The summed E-state index contributed by atoms with van der Waals surface area (Å²) in [6.45, 7) is 1.88. The lowest BCUT2D eigenvalue weighted by Gasteiger charge is -2.34. The van der Waals surface area contributed by atoms with Crippen LogP contribution in [0.25, 0.3) is 0 Å². The highest BCUT2D eigenvalue weighted by Crippen LogP contribution is 2.26. The van der Waals surface area contributed by atoms with Crippen molar-refractivity contribution in [2.24, 2.45) is 0 Å². The number of hydrogen-bond acceptors (Lipinski definition) is 3. The standard InChI is InChI=1S/C14H17BrN2O/c1-18-13-3-2-6-17(10-13)14-5-4-11(8-15)7-12(14)9-16/h4-5,7,13H,2-3,6,8,10H2,1H3. The molecule has 0 saturated carbocycles. The molecule has 1 unspecified atom stereocenters. The van der Waals surface area contributed by atoms with Gasteiger partial charge in [-0.1, -0.05) is 22.0 Å². The molecule has 18 heavy (non-hydrogen) atoms. The van der Waals surface area contributed by atoms with Gasteiger partial charge in [0.1, 0.15) is 6.07 Å². The molecule has 0 radical (unpaired) electrons. The summed E-state index contributed by atoms with van der Waals surface area (Å²) in [4.78, 5) is 2.26. The predicted octanol–water partition coefficient (Wildman–Crippen LogP) is 3.07. The van der Waals surface area contributed by atoms with Crippen molar-refractivity contribution in [3.8, 4) is 6.07 Å². The Morgan fingerprint density at radius 2 is 2.39 bits per heavy atom.